The Morgan fingerprint density at radius 1 is 1.22 bits per heavy atom. The molecule has 2 aliphatic rings. The number of carbonyl (C=O) groups excluding carboxylic acids is 2. The molecular formula is C15H17N3O5. The first-order chi connectivity index (χ1) is 11.1. The average molecular weight is 319 g/mol. The molecule has 0 aromatic heterocycles. The molecule has 0 spiro atoms. The molecule has 1 aromatic rings. The summed E-state index contributed by atoms with van der Waals surface area (Å²) in [7, 11) is 0. The largest absolute Gasteiger partial charge is 0.480 e. The minimum atomic E-state index is -1.08. The molecule has 2 aliphatic heterocycles. The van der Waals surface area contributed by atoms with E-state index in [0.717, 1.165) is 0 Å². The van der Waals surface area contributed by atoms with Gasteiger partial charge < -0.3 is 20.1 Å². The van der Waals surface area contributed by atoms with E-state index < -0.39 is 12.0 Å². The maximum Gasteiger partial charge on any atom is 0.328 e. The van der Waals surface area contributed by atoms with Crippen molar-refractivity contribution in [1.82, 2.24) is 10.2 Å². The van der Waals surface area contributed by atoms with Crippen molar-refractivity contribution in [2.75, 3.05) is 37.7 Å². The van der Waals surface area contributed by atoms with Crippen LogP contribution in [-0.4, -0.2) is 66.8 Å². The topological polar surface area (TPSA) is 99.2 Å². The summed E-state index contributed by atoms with van der Waals surface area (Å²) < 4.78 is 5.13. The highest BCUT2D eigenvalue weighted by atomic mass is 16.5. The van der Waals surface area contributed by atoms with Gasteiger partial charge in [0, 0.05) is 30.9 Å². The first kappa shape index (κ1) is 15.3. The van der Waals surface area contributed by atoms with Gasteiger partial charge in [0.05, 0.1) is 13.2 Å². The number of carbonyl (C=O) groups is 3. The van der Waals surface area contributed by atoms with Crippen molar-refractivity contribution in [1.29, 1.82) is 0 Å². The average Bonchev–Trinajstić information content (AvgIpc) is 3.00. The second kappa shape index (κ2) is 6.25. The molecule has 122 valence electrons. The van der Waals surface area contributed by atoms with Crippen LogP contribution in [0.4, 0.5) is 10.5 Å². The minimum Gasteiger partial charge on any atom is -0.480 e. The molecule has 2 fully saturated rings. The van der Waals surface area contributed by atoms with Crippen LogP contribution < -0.4 is 10.2 Å². The number of hydrogen-bond acceptors (Lipinski definition) is 4. The van der Waals surface area contributed by atoms with Gasteiger partial charge in [0.15, 0.2) is 6.04 Å². The number of urea groups is 1. The van der Waals surface area contributed by atoms with Gasteiger partial charge in [-0.2, -0.15) is 0 Å². The molecule has 3 amide bonds. The fourth-order valence-corrected chi connectivity index (χ4v) is 2.72. The van der Waals surface area contributed by atoms with Crippen LogP contribution in [0, 0.1) is 0 Å². The van der Waals surface area contributed by atoms with Crippen molar-refractivity contribution >= 4 is 23.6 Å². The second-order valence-electron chi connectivity index (χ2n) is 5.36. The van der Waals surface area contributed by atoms with Crippen molar-refractivity contribution < 1.29 is 24.2 Å². The van der Waals surface area contributed by atoms with Gasteiger partial charge in [-0.25, -0.2) is 9.59 Å². The van der Waals surface area contributed by atoms with Crippen molar-refractivity contribution in [2.24, 2.45) is 0 Å². The van der Waals surface area contributed by atoms with E-state index in [2.05, 4.69) is 5.32 Å². The lowest BCUT2D eigenvalue weighted by atomic mass is 10.1. The summed E-state index contributed by atoms with van der Waals surface area (Å²) in [5.74, 6) is -1.43. The number of benzene rings is 1. The first-order valence-electron chi connectivity index (χ1n) is 7.35. The number of ether oxygens (including phenoxy) is 1. The molecule has 3 rings (SSSR count). The number of carboxylic acid groups (broad SMARTS) is 1. The Balaban J connectivity index is 1.77. The molecule has 0 aliphatic carbocycles. The molecule has 0 saturated carbocycles. The van der Waals surface area contributed by atoms with E-state index in [9.17, 15) is 19.5 Å². The summed E-state index contributed by atoms with van der Waals surface area (Å²) in [5.41, 5.74) is 1.09. The zero-order valence-corrected chi connectivity index (χ0v) is 12.4. The molecule has 0 radical (unpaired) electrons. The normalized spacial score (nSPS) is 21.2. The number of nitrogens with one attached hydrogen (secondary N) is 1. The molecule has 2 N–H and O–H groups in total. The summed E-state index contributed by atoms with van der Waals surface area (Å²) in [6.07, 6.45) is 0. The molecule has 1 atom stereocenters. The van der Waals surface area contributed by atoms with Gasteiger partial charge in [-0.05, 0) is 24.3 Å². The van der Waals surface area contributed by atoms with E-state index in [1.54, 1.807) is 29.2 Å². The van der Waals surface area contributed by atoms with Crippen LogP contribution in [0.5, 0.6) is 0 Å². The Morgan fingerprint density at radius 2 is 1.96 bits per heavy atom. The third kappa shape index (κ3) is 2.98. The summed E-state index contributed by atoms with van der Waals surface area (Å²) in [6.45, 7) is 1.73. The number of amides is 3. The Bertz CT molecular complexity index is 631. The van der Waals surface area contributed by atoms with Gasteiger partial charge in [0.25, 0.3) is 5.91 Å². The predicted molar refractivity (Wildman–Crippen MR) is 80.5 cm³/mol. The van der Waals surface area contributed by atoms with Gasteiger partial charge in [0.2, 0.25) is 0 Å². The lowest BCUT2D eigenvalue weighted by molar-refractivity contribution is -0.147. The molecule has 0 unspecified atom stereocenters. The van der Waals surface area contributed by atoms with E-state index in [0.29, 0.717) is 30.9 Å². The third-order valence-electron chi connectivity index (χ3n) is 3.96. The van der Waals surface area contributed by atoms with Gasteiger partial charge in [-0.1, -0.05) is 0 Å². The van der Waals surface area contributed by atoms with Crippen molar-refractivity contribution in [3.8, 4) is 0 Å². The van der Waals surface area contributed by atoms with Crippen LogP contribution >= 0.6 is 0 Å². The Labute approximate surface area is 132 Å². The zero-order valence-electron chi connectivity index (χ0n) is 12.4. The number of morpholine rings is 1. The molecule has 23 heavy (non-hydrogen) atoms. The van der Waals surface area contributed by atoms with E-state index in [4.69, 9.17) is 4.74 Å². The van der Waals surface area contributed by atoms with E-state index in [1.165, 1.54) is 4.90 Å². The summed E-state index contributed by atoms with van der Waals surface area (Å²) in [6, 6.07) is 5.46. The quantitative estimate of drug-likeness (QED) is 0.826. The smallest absolute Gasteiger partial charge is 0.328 e. The number of aliphatic carboxylic acids is 1. The number of hydrogen-bond donors (Lipinski definition) is 2. The summed E-state index contributed by atoms with van der Waals surface area (Å²) in [4.78, 5) is 38.3. The highest BCUT2D eigenvalue weighted by molar-refractivity contribution is 5.98. The van der Waals surface area contributed by atoms with Crippen molar-refractivity contribution in [3.63, 3.8) is 0 Å². The number of anilines is 1. The van der Waals surface area contributed by atoms with Crippen LogP contribution in [0.2, 0.25) is 0 Å². The molecule has 2 heterocycles. The highest BCUT2D eigenvalue weighted by Gasteiger charge is 2.33. The molecule has 8 heteroatoms. The number of carboxylic acids is 1. The molecule has 2 saturated heterocycles. The summed E-state index contributed by atoms with van der Waals surface area (Å²) >= 11 is 0. The molecular weight excluding hydrogens is 302 g/mol. The van der Waals surface area contributed by atoms with Crippen LogP contribution in [0.15, 0.2) is 24.3 Å². The Morgan fingerprint density at radius 3 is 2.57 bits per heavy atom. The van der Waals surface area contributed by atoms with Gasteiger partial charge >= 0.3 is 12.0 Å². The van der Waals surface area contributed by atoms with E-state index in [-0.39, 0.29) is 25.1 Å². The molecule has 8 nitrogen and oxygen atoms in total. The van der Waals surface area contributed by atoms with Crippen molar-refractivity contribution in [3.05, 3.63) is 29.8 Å². The van der Waals surface area contributed by atoms with Crippen LogP contribution in [0.1, 0.15) is 10.4 Å². The van der Waals surface area contributed by atoms with E-state index >= 15 is 0 Å². The third-order valence-corrected chi connectivity index (χ3v) is 3.96. The second-order valence-corrected chi connectivity index (χ2v) is 5.36. The molecule has 1 aromatic carbocycles. The standard InChI is InChI=1S/C15H17N3O5/c19-13(18-7-8-23-9-12(18)14(20)21)10-1-3-11(4-2-10)17-6-5-16-15(17)22/h1-4,12H,5-9H2,(H,16,22)(H,20,21)/t12-/m0/s1. The lowest BCUT2D eigenvalue weighted by Gasteiger charge is -2.33. The SMILES string of the molecule is O=C(O)[C@@H]1COCCN1C(=O)c1ccc(N2CCNC2=O)cc1. The summed E-state index contributed by atoms with van der Waals surface area (Å²) in [5, 5.41) is 11.9. The Hall–Kier alpha value is -2.61. The van der Waals surface area contributed by atoms with Gasteiger partial charge in [-0.3, -0.25) is 9.69 Å². The molecule has 0 bridgehead atoms. The van der Waals surface area contributed by atoms with Crippen LogP contribution in [0.25, 0.3) is 0 Å². The van der Waals surface area contributed by atoms with Crippen LogP contribution in [0.3, 0.4) is 0 Å². The van der Waals surface area contributed by atoms with Crippen LogP contribution in [-0.2, 0) is 9.53 Å². The van der Waals surface area contributed by atoms with Gasteiger partial charge in [0.1, 0.15) is 0 Å². The van der Waals surface area contributed by atoms with E-state index in [1.807, 2.05) is 0 Å². The maximum atomic E-state index is 12.5. The number of rotatable bonds is 3. The predicted octanol–water partition coefficient (Wildman–Crippen LogP) is 0.142. The first-order valence-corrected chi connectivity index (χ1v) is 7.35. The maximum absolute atomic E-state index is 12.5. The lowest BCUT2D eigenvalue weighted by Crippen LogP contribution is -2.52. The van der Waals surface area contributed by atoms with Gasteiger partial charge in [-0.15, -0.1) is 0 Å². The Kier molecular flexibility index (Phi) is 4.16. The highest BCUT2D eigenvalue weighted by Crippen LogP contribution is 2.19. The fraction of sp³-hybridized carbons (Fsp3) is 0.400. The zero-order chi connectivity index (χ0) is 16.4. The fourth-order valence-electron chi connectivity index (χ4n) is 2.72. The minimum absolute atomic E-state index is 0.00684. The number of nitrogens with zero attached hydrogens (tertiary/aromatic N) is 2. The monoisotopic (exact) mass is 319 g/mol. The van der Waals surface area contributed by atoms with Crippen molar-refractivity contribution in [2.45, 2.75) is 6.04 Å².